The van der Waals surface area contributed by atoms with E-state index in [4.69, 9.17) is 7.85 Å². The van der Waals surface area contributed by atoms with Crippen LogP contribution in [0.2, 0.25) is 0 Å². The number of anilines is 3. The molecule has 186 valence electrons. The first-order valence-corrected chi connectivity index (χ1v) is 14.1. The van der Waals surface area contributed by atoms with Gasteiger partial charge in [0.1, 0.15) is 7.85 Å². The predicted octanol–water partition coefficient (Wildman–Crippen LogP) is 7.33. The van der Waals surface area contributed by atoms with Gasteiger partial charge < -0.3 is 9.80 Å². The van der Waals surface area contributed by atoms with Crippen LogP contribution in [-0.4, -0.2) is 19.9 Å². The highest BCUT2D eigenvalue weighted by molar-refractivity contribution is 6.32. The molecule has 3 aromatic carbocycles. The number of hydrogen-bond donors (Lipinski definition) is 0. The molecule has 0 amide bonds. The summed E-state index contributed by atoms with van der Waals surface area (Å²) < 4.78 is 0. The van der Waals surface area contributed by atoms with E-state index >= 15 is 0 Å². The Morgan fingerprint density at radius 3 is 2.44 bits per heavy atom. The van der Waals surface area contributed by atoms with Gasteiger partial charge in [0, 0.05) is 28.7 Å². The van der Waals surface area contributed by atoms with Crippen LogP contribution < -0.4 is 15.3 Å². The summed E-state index contributed by atoms with van der Waals surface area (Å²) in [6, 6.07) is 28.7. The standard InChI is InChI=1S/C36H29BN2/c37-26-16-18-28(19-17-26)39-34-13-7-5-11-30(34)32-23-25(15-21-36(32)39)24-14-20-35-31(22-24)29-10-4-6-12-33(29)38(35)27-8-2-1-3-9-27/h1-5,7-11,13-19,21-23,32,35-36H,6,12,20H2. The van der Waals surface area contributed by atoms with Crippen molar-refractivity contribution in [2.75, 3.05) is 9.80 Å². The molecule has 3 aliphatic carbocycles. The summed E-state index contributed by atoms with van der Waals surface area (Å²) in [4.78, 5) is 5.06. The second-order valence-corrected chi connectivity index (χ2v) is 11.0. The van der Waals surface area contributed by atoms with Crippen LogP contribution >= 0.6 is 0 Å². The third-order valence-corrected chi connectivity index (χ3v) is 8.88. The predicted molar refractivity (Wildman–Crippen MR) is 163 cm³/mol. The van der Waals surface area contributed by atoms with Gasteiger partial charge in [-0.2, -0.15) is 0 Å². The maximum absolute atomic E-state index is 6.01. The van der Waals surface area contributed by atoms with Gasteiger partial charge in [-0.3, -0.25) is 0 Å². The molecule has 0 aromatic heterocycles. The molecule has 39 heavy (non-hydrogen) atoms. The van der Waals surface area contributed by atoms with E-state index in [1.54, 1.807) is 0 Å². The van der Waals surface area contributed by atoms with Crippen LogP contribution in [0.15, 0.2) is 149 Å². The van der Waals surface area contributed by atoms with Crippen molar-refractivity contribution >= 4 is 30.4 Å². The van der Waals surface area contributed by atoms with Crippen molar-refractivity contribution in [1.29, 1.82) is 0 Å². The minimum atomic E-state index is 0.259. The summed E-state index contributed by atoms with van der Waals surface area (Å²) in [5, 5.41) is 0. The Labute approximate surface area is 232 Å². The Morgan fingerprint density at radius 1 is 0.769 bits per heavy atom. The average molecular weight is 500 g/mol. The summed E-state index contributed by atoms with van der Waals surface area (Å²) in [5.41, 5.74) is 13.0. The van der Waals surface area contributed by atoms with E-state index in [0.717, 1.165) is 24.7 Å². The Bertz CT molecular complexity index is 1650. The molecule has 3 atom stereocenters. The lowest BCUT2D eigenvalue weighted by molar-refractivity contribution is 0.730. The minimum absolute atomic E-state index is 0.259. The van der Waals surface area contributed by atoms with Gasteiger partial charge in [-0.1, -0.05) is 90.4 Å². The van der Waals surface area contributed by atoms with Crippen LogP contribution in [-0.2, 0) is 0 Å². The third-order valence-electron chi connectivity index (χ3n) is 8.88. The third kappa shape index (κ3) is 3.56. The maximum atomic E-state index is 6.01. The second-order valence-electron chi connectivity index (χ2n) is 11.0. The quantitative estimate of drug-likeness (QED) is 0.348. The van der Waals surface area contributed by atoms with Gasteiger partial charge in [0.25, 0.3) is 0 Å². The molecular weight excluding hydrogens is 471 g/mol. The minimum Gasteiger partial charge on any atom is -0.337 e. The summed E-state index contributed by atoms with van der Waals surface area (Å²) >= 11 is 0. The molecule has 2 radical (unpaired) electrons. The van der Waals surface area contributed by atoms with E-state index in [9.17, 15) is 0 Å². The number of rotatable bonds is 3. The summed E-state index contributed by atoms with van der Waals surface area (Å²) in [5.74, 6) is 0.310. The molecule has 0 saturated heterocycles. The lowest BCUT2D eigenvalue weighted by Crippen LogP contribution is -2.32. The number of fused-ring (bicyclic) bond motifs is 5. The van der Waals surface area contributed by atoms with Crippen molar-refractivity contribution < 1.29 is 0 Å². The van der Waals surface area contributed by atoms with Crippen molar-refractivity contribution in [1.82, 2.24) is 0 Å². The highest BCUT2D eigenvalue weighted by Crippen LogP contribution is 2.50. The topological polar surface area (TPSA) is 6.48 Å². The van der Waals surface area contributed by atoms with Crippen LogP contribution in [0.4, 0.5) is 17.1 Å². The lowest BCUT2D eigenvalue weighted by Gasteiger charge is -2.32. The molecule has 0 fully saturated rings. The molecule has 5 aliphatic rings. The Kier molecular flexibility index (Phi) is 5.19. The van der Waals surface area contributed by atoms with Gasteiger partial charge in [-0.05, 0) is 83.5 Å². The fourth-order valence-electron chi connectivity index (χ4n) is 7.15. The zero-order chi connectivity index (χ0) is 25.9. The molecule has 2 heterocycles. The molecular formula is C36H29BN2. The van der Waals surface area contributed by atoms with Crippen LogP contribution in [0, 0.1) is 0 Å². The van der Waals surface area contributed by atoms with Crippen molar-refractivity contribution in [3.05, 3.63) is 155 Å². The molecule has 3 heteroatoms. The fraction of sp³-hybridized carbons (Fsp3) is 0.167. The summed E-state index contributed by atoms with van der Waals surface area (Å²) in [6.07, 6.45) is 20.1. The second kappa shape index (κ2) is 8.91. The van der Waals surface area contributed by atoms with Gasteiger partial charge in [-0.25, -0.2) is 0 Å². The van der Waals surface area contributed by atoms with E-state index in [1.165, 1.54) is 50.6 Å². The molecule has 3 aromatic rings. The van der Waals surface area contributed by atoms with E-state index in [1.807, 2.05) is 12.1 Å². The molecule has 0 saturated carbocycles. The van der Waals surface area contributed by atoms with E-state index in [2.05, 4.69) is 119 Å². The highest BCUT2D eigenvalue weighted by Gasteiger charge is 2.40. The molecule has 0 N–H and O–H groups in total. The summed E-state index contributed by atoms with van der Waals surface area (Å²) in [7, 11) is 6.01. The van der Waals surface area contributed by atoms with Gasteiger partial charge in [-0.15, -0.1) is 0 Å². The number of nitrogens with zero attached hydrogens (tertiary/aromatic N) is 2. The number of allylic oxidation sites excluding steroid dienone is 7. The number of para-hydroxylation sites is 2. The van der Waals surface area contributed by atoms with Crippen LogP contribution in [0.3, 0.4) is 0 Å². The van der Waals surface area contributed by atoms with E-state index in [-0.39, 0.29) is 6.04 Å². The summed E-state index contributed by atoms with van der Waals surface area (Å²) in [6.45, 7) is 0. The van der Waals surface area contributed by atoms with Crippen molar-refractivity contribution in [2.24, 2.45) is 0 Å². The molecule has 8 rings (SSSR count). The maximum Gasteiger partial charge on any atom is 0.113 e. The van der Waals surface area contributed by atoms with Crippen molar-refractivity contribution in [3.63, 3.8) is 0 Å². The first kappa shape index (κ1) is 22.7. The van der Waals surface area contributed by atoms with Gasteiger partial charge >= 0.3 is 0 Å². The van der Waals surface area contributed by atoms with Crippen LogP contribution in [0.5, 0.6) is 0 Å². The Hall–Kier alpha value is -4.24. The van der Waals surface area contributed by atoms with Gasteiger partial charge in [0.15, 0.2) is 0 Å². The molecule has 2 nitrogen and oxygen atoms in total. The van der Waals surface area contributed by atoms with Crippen molar-refractivity contribution in [2.45, 2.75) is 37.3 Å². The van der Waals surface area contributed by atoms with Gasteiger partial charge in [0.05, 0.1) is 12.1 Å². The SMILES string of the molecule is [B]c1ccc(N2c3ccccc3C3C=C(C4=CCC5C(=C4)C4=C(CCC=C4)N5c4ccccc4)C=CC32)cc1. The van der Waals surface area contributed by atoms with Crippen molar-refractivity contribution in [3.8, 4) is 0 Å². The first-order chi connectivity index (χ1) is 19.3. The smallest absolute Gasteiger partial charge is 0.113 e. The Morgan fingerprint density at radius 2 is 1.56 bits per heavy atom. The number of benzene rings is 3. The first-order valence-electron chi connectivity index (χ1n) is 14.1. The average Bonchev–Trinajstić information content (AvgIpc) is 3.50. The largest absolute Gasteiger partial charge is 0.337 e. The normalized spacial score (nSPS) is 24.5. The molecule has 2 aliphatic heterocycles. The van der Waals surface area contributed by atoms with Gasteiger partial charge in [0.2, 0.25) is 0 Å². The zero-order valence-corrected chi connectivity index (χ0v) is 21.9. The number of hydrogen-bond acceptors (Lipinski definition) is 2. The van der Waals surface area contributed by atoms with Crippen LogP contribution in [0.1, 0.15) is 30.7 Å². The highest BCUT2D eigenvalue weighted by atomic mass is 15.2. The zero-order valence-electron chi connectivity index (χ0n) is 21.9. The molecule has 3 unspecified atom stereocenters. The van der Waals surface area contributed by atoms with E-state index < -0.39 is 0 Å². The van der Waals surface area contributed by atoms with E-state index in [0.29, 0.717) is 12.0 Å². The fourth-order valence-corrected chi connectivity index (χ4v) is 7.15. The van der Waals surface area contributed by atoms with Crippen LogP contribution in [0.25, 0.3) is 0 Å². The molecule has 0 spiro atoms. The molecule has 0 bridgehead atoms. The monoisotopic (exact) mass is 500 g/mol. The lowest BCUT2D eigenvalue weighted by atomic mass is 9.82. The Balaban J connectivity index is 1.16.